The highest BCUT2D eigenvalue weighted by atomic mass is 79.9. The number of aryl methyl sites for hydroxylation is 1. The molecule has 0 saturated carbocycles. The van der Waals surface area contributed by atoms with E-state index in [1.54, 1.807) is 12.4 Å². The fourth-order valence-electron chi connectivity index (χ4n) is 1.92. The van der Waals surface area contributed by atoms with E-state index < -0.39 is 5.97 Å². The van der Waals surface area contributed by atoms with Gasteiger partial charge in [-0.25, -0.2) is 0 Å². The molecule has 0 saturated heterocycles. The van der Waals surface area contributed by atoms with Gasteiger partial charge in [0, 0.05) is 29.1 Å². The second kappa shape index (κ2) is 6.52. The average Bonchev–Trinajstić information content (AvgIpc) is 2.38. The Labute approximate surface area is 126 Å². The Morgan fingerprint density at radius 1 is 1.30 bits per heavy atom. The summed E-state index contributed by atoms with van der Waals surface area (Å²) in [5.74, 6) is -0.853. The van der Waals surface area contributed by atoms with Crippen LogP contribution in [-0.4, -0.2) is 22.6 Å². The number of anilines is 1. The fraction of sp³-hybridized carbons (Fsp3) is 0.200. The highest BCUT2D eigenvalue weighted by molar-refractivity contribution is 9.10. The van der Waals surface area contributed by atoms with Crippen molar-refractivity contribution in [3.63, 3.8) is 0 Å². The molecule has 0 aliphatic heterocycles. The van der Waals surface area contributed by atoms with Crippen molar-refractivity contribution >= 4 is 27.6 Å². The molecular formula is C15H15BrN2O2. The van der Waals surface area contributed by atoms with Crippen molar-refractivity contribution in [1.82, 2.24) is 4.98 Å². The van der Waals surface area contributed by atoms with Crippen LogP contribution < -0.4 is 4.90 Å². The molecule has 0 amide bonds. The number of carbonyl (C=O) groups is 1. The number of nitrogens with zero attached hydrogens (tertiary/aromatic N) is 2. The van der Waals surface area contributed by atoms with Gasteiger partial charge >= 0.3 is 5.97 Å². The van der Waals surface area contributed by atoms with Gasteiger partial charge in [0.25, 0.3) is 0 Å². The fourth-order valence-corrected chi connectivity index (χ4v) is 2.33. The van der Waals surface area contributed by atoms with Gasteiger partial charge in [-0.05, 0) is 46.6 Å². The third-order valence-corrected chi connectivity index (χ3v) is 3.29. The lowest BCUT2D eigenvalue weighted by molar-refractivity contribution is -0.135. The van der Waals surface area contributed by atoms with Crippen molar-refractivity contribution in [2.24, 2.45) is 0 Å². The Morgan fingerprint density at radius 2 is 2.00 bits per heavy atom. The van der Waals surface area contributed by atoms with Gasteiger partial charge in [0.2, 0.25) is 0 Å². The quantitative estimate of drug-likeness (QED) is 0.911. The molecule has 0 aliphatic carbocycles. The molecule has 1 aromatic heterocycles. The Hall–Kier alpha value is -1.88. The monoisotopic (exact) mass is 334 g/mol. The first-order chi connectivity index (χ1) is 9.54. The standard InChI is InChI=1S/C15H15BrN2O2/c1-11-2-4-14(5-3-11)18(10-15(19)20)9-12-6-13(16)8-17-7-12/h2-8H,9-10H2,1H3,(H,19,20). The van der Waals surface area contributed by atoms with Crippen LogP contribution in [0.1, 0.15) is 11.1 Å². The van der Waals surface area contributed by atoms with Crippen LogP contribution in [0.5, 0.6) is 0 Å². The maximum Gasteiger partial charge on any atom is 0.323 e. The first-order valence-corrected chi connectivity index (χ1v) is 6.97. The second-order valence-electron chi connectivity index (χ2n) is 4.60. The average molecular weight is 335 g/mol. The number of hydrogen-bond acceptors (Lipinski definition) is 3. The van der Waals surface area contributed by atoms with Crippen LogP contribution in [0, 0.1) is 6.92 Å². The number of aromatic nitrogens is 1. The first-order valence-electron chi connectivity index (χ1n) is 6.17. The van der Waals surface area contributed by atoms with E-state index in [4.69, 9.17) is 5.11 Å². The molecular weight excluding hydrogens is 320 g/mol. The molecule has 104 valence electrons. The topological polar surface area (TPSA) is 53.4 Å². The van der Waals surface area contributed by atoms with Crippen molar-refractivity contribution in [3.05, 3.63) is 58.3 Å². The lowest BCUT2D eigenvalue weighted by Crippen LogP contribution is -2.29. The molecule has 5 heteroatoms. The SMILES string of the molecule is Cc1ccc(N(CC(=O)O)Cc2cncc(Br)c2)cc1. The second-order valence-corrected chi connectivity index (χ2v) is 5.51. The third kappa shape index (κ3) is 4.06. The smallest absolute Gasteiger partial charge is 0.323 e. The minimum Gasteiger partial charge on any atom is -0.480 e. The molecule has 2 rings (SSSR count). The number of rotatable bonds is 5. The first kappa shape index (κ1) is 14.5. The Morgan fingerprint density at radius 3 is 2.60 bits per heavy atom. The Balaban J connectivity index is 2.23. The zero-order valence-electron chi connectivity index (χ0n) is 11.1. The molecule has 0 unspecified atom stereocenters. The number of hydrogen-bond donors (Lipinski definition) is 1. The maximum absolute atomic E-state index is 11.0. The summed E-state index contributed by atoms with van der Waals surface area (Å²) in [7, 11) is 0. The van der Waals surface area contributed by atoms with Crippen LogP contribution in [0.4, 0.5) is 5.69 Å². The van der Waals surface area contributed by atoms with E-state index in [0.717, 1.165) is 21.3 Å². The minimum atomic E-state index is -0.853. The predicted octanol–water partition coefficient (Wildman–Crippen LogP) is 3.24. The van der Waals surface area contributed by atoms with Gasteiger partial charge in [-0.3, -0.25) is 9.78 Å². The third-order valence-electron chi connectivity index (χ3n) is 2.86. The number of carboxylic acids is 1. The van der Waals surface area contributed by atoms with Gasteiger partial charge in [-0.2, -0.15) is 0 Å². The molecule has 0 aliphatic rings. The lowest BCUT2D eigenvalue weighted by Gasteiger charge is -2.23. The molecule has 1 aromatic carbocycles. The summed E-state index contributed by atoms with van der Waals surface area (Å²) in [4.78, 5) is 17.0. The van der Waals surface area contributed by atoms with Gasteiger partial charge in [0.1, 0.15) is 6.54 Å². The van der Waals surface area contributed by atoms with E-state index in [1.807, 2.05) is 42.2 Å². The number of halogens is 1. The van der Waals surface area contributed by atoms with Crippen LogP contribution in [0.15, 0.2) is 47.2 Å². The van der Waals surface area contributed by atoms with Crippen LogP contribution in [0.25, 0.3) is 0 Å². The zero-order chi connectivity index (χ0) is 14.5. The van der Waals surface area contributed by atoms with Crippen LogP contribution in [0.2, 0.25) is 0 Å². The predicted molar refractivity (Wildman–Crippen MR) is 81.8 cm³/mol. The molecule has 0 fully saturated rings. The molecule has 20 heavy (non-hydrogen) atoms. The van der Waals surface area contributed by atoms with Crippen molar-refractivity contribution in [2.45, 2.75) is 13.5 Å². The lowest BCUT2D eigenvalue weighted by atomic mass is 10.2. The number of benzene rings is 1. The van der Waals surface area contributed by atoms with Crippen LogP contribution in [0.3, 0.4) is 0 Å². The summed E-state index contributed by atoms with van der Waals surface area (Å²) >= 11 is 3.37. The van der Waals surface area contributed by atoms with Gasteiger partial charge in [-0.15, -0.1) is 0 Å². The number of pyridine rings is 1. The van der Waals surface area contributed by atoms with Gasteiger partial charge in [-0.1, -0.05) is 17.7 Å². The summed E-state index contributed by atoms with van der Waals surface area (Å²) in [5.41, 5.74) is 2.99. The summed E-state index contributed by atoms with van der Waals surface area (Å²) < 4.78 is 0.884. The largest absolute Gasteiger partial charge is 0.480 e. The van der Waals surface area contributed by atoms with Crippen molar-refractivity contribution in [2.75, 3.05) is 11.4 Å². The molecule has 2 aromatic rings. The minimum absolute atomic E-state index is 0.0461. The highest BCUT2D eigenvalue weighted by Gasteiger charge is 2.11. The highest BCUT2D eigenvalue weighted by Crippen LogP contribution is 2.19. The zero-order valence-corrected chi connectivity index (χ0v) is 12.7. The molecule has 0 spiro atoms. The van der Waals surface area contributed by atoms with Crippen LogP contribution >= 0.6 is 15.9 Å². The van der Waals surface area contributed by atoms with E-state index in [9.17, 15) is 4.79 Å². The van der Waals surface area contributed by atoms with Gasteiger partial charge < -0.3 is 10.0 Å². The van der Waals surface area contributed by atoms with Gasteiger partial charge in [0.15, 0.2) is 0 Å². The Kier molecular flexibility index (Phi) is 4.74. The molecule has 1 N–H and O–H groups in total. The van der Waals surface area contributed by atoms with E-state index in [2.05, 4.69) is 20.9 Å². The van der Waals surface area contributed by atoms with E-state index in [-0.39, 0.29) is 6.54 Å². The molecule has 0 bridgehead atoms. The van der Waals surface area contributed by atoms with E-state index in [1.165, 1.54) is 0 Å². The van der Waals surface area contributed by atoms with E-state index in [0.29, 0.717) is 6.54 Å². The molecule has 1 heterocycles. The normalized spacial score (nSPS) is 10.3. The van der Waals surface area contributed by atoms with Gasteiger partial charge in [0.05, 0.1) is 0 Å². The molecule has 0 atom stereocenters. The number of carboxylic acid groups (broad SMARTS) is 1. The number of aliphatic carboxylic acids is 1. The summed E-state index contributed by atoms with van der Waals surface area (Å²) in [6, 6.07) is 9.76. The Bertz CT molecular complexity index is 599. The summed E-state index contributed by atoms with van der Waals surface area (Å²) in [6.07, 6.45) is 3.45. The van der Waals surface area contributed by atoms with Crippen LogP contribution in [-0.2, 0) is 11.3 Å². The van der Waals surface area contributed by atoms with Crippen molar-refractivity contribution in [3.8, 4) is 0 Å². The summed E-state index contributed by atoms with van der Waals surface area (Å²) in [5, 5.41) is 9.07. The van der Waals surface area contributed by atoms with Crippen molar-refractivity contribution in [1.29, 1.82) is 0 Å². The molecule has 0 radical (unpaired) electrons. The maximum atomic E-state index is 11.0. The summed E-state index contributed by atoms with van der Waals surface area (Å²) in [6.45, 7) is 2.46. The molecule has 4 nitrogen and oxygen atoms in total. The van der Waals surface area contributed by atoms with E-state index >= 15 is 0 Å². The van der Waals surface area contributed by atoms with Crippen molar-refractivity contribution < 1.29 is 9.90 Å².